The molecule has 0 radical (unpaired) electrons. The van der Waals surface area contributed by atoms with Crippen molar-refractivity contribution in [2.45, 2.75) is 27.2 Å². The molecule has 0 heterocycles. The largest absolute Gasteiger partial charge is 0.0650 e. The maximum atomic E-state index is 2.44. The molecule has 0 aromatic rings. The van der Waals surface area contributed by atoms with Gasteiger partial charge < -0.3 is 0 Å². The molecule has 0 amide bonds. The van der Waals surface area contributed by atoms with E-state index in [9.17, 15) is 0 Å². The topological polar surface area (TPSA) is 0 Å². The van der Waals surface area contributed by atoms with Crippen LogP contribution in [0, 0.1) is 11.8 Å². The normalized spacial score (nSPS) is 15.5. The quantitative estimate of drug-likeness (QED) is 0.573. The van der Waals surface area contributed by atoms with Gasteiger partial charge in [-0.15, -0.1) is 0 Å². The van der Waals surface area contributed by atoms with Gasteiger partial charge in [-0.25, -0.2) is 0 Å². The maximum absolute atomic E-state index is 2.44. The van der Waals surface area contributed by atoms with E-state index >= 15 is 0 Å². The molecule has 0 fully saturated rings. The van der Waals surface area contributed by atoms with E-state index in [2.05, 4.69) is 40.8 Å². The summed E-state index contributed by atoms with van der Waals surface area (Å²) in [5, 5.41) is 0. The molecule has 0 N–H and O–H groups in total. The Hall–Kier alpha value is 0.430. The van der Waals surface area contributed by atoms with Crippen molar-refractivity contribution in [3.63, 3.8) is 0 Å². The van der Waals surface area contributed by atoms with Crippen LogP contribution in [0.2, 0.25) is 0 Å². The SMILES string of the molecule is CCC(C[P+](C)(C)C)C(C)C. The van der Waals surface area contributed by atoms with Gasteiger partial charge in [0, 0.05) is 27.3 Å². The van der Waals surface area contributed by atoms with Crippen molar-refractivity contribution in [2.75, 3.05) is 26.2 Å². The lowest BCUT2D eigenvalue weighted by atomic mass is 9.96. The molecule has 0 aliphatic carbocycles. The van der Waals surface area contributed by atoms with E-state index in [1.165, 1.54) is 12.6 Å². The second-order valence-electron chi connectivity index (χ2n) is 4.89. The number of rotatable bonds is 4. The Bertz CT molecular complexity index is 99.9. The molecule has 0 aromatic carbocycles. The highest BCUT2D eigenvalue weighted by Gasteiger charge is 2.24. The minimum absolute atomic E-state index is 0.542. The average Bonchev–Trinajstić information content (AvgIpc) is 1.80. The van der Waals surface area contributed by atoms with E-state index in [0.717, 1.165) is 11.8 Å². The Balaban J connectivity index is 3.88. The van der Waals surface area contributed by atoms with Crippen LogP contribution < -0.4 is 0 Å². The zero-order chi connectivity index (χ0) is 9.07. The molecule has 0 rings (SSSR count). The van der Waals surface area contributed by atoms with Crippen molar-refractivity contribution in [2.24, 2.45) is 11.8 Å². The van der Waals surface area contributed by atoms with E-state index in [0.29, 0.717) is 0 Å². The lowest BCUT2D eigenvalue weighted by molar-refractivity contribution is 0.412. The van der Waals surface area contributed by atoms with Crippen LogP contribution in [0.5, 0.6) is 0 Å². The summed E-state index contributed by atoms with van der Waals surface area (Å²) in [5.74, 6) is 1.84. The fourth-order valence-electron chi connectivity index (χ4n) is 1.51. The van der Waals surface area contributed by atoms with E-state index in [-0.39, 0.29) is 0 Å². The van der Waals surface area contributed by atoms with Crippen molar-refractivity contribution in [3.8, 4) is 0 Å². The molecule has 0 spiro atoms. The third-order valence-corrected chi connectivity index (χ3v) is 3.81. The van der Waals surface area contributed by atoms with Gasteiger partial charge in [0.1, 0.15) is 0 Å². The van der Waals surface area contributed by atoms with E-state index < -0.39 is 7.26 Å². The van der Waals surface area contributed by atoms with Crippen LogP contribution in [0.1, 0.15) is 27.2 Å². The Morgan fingerprint density at radius 3 is 1.64 bits per heavy atom. The van der Waals surface area contributed by atoms with Gasteiger partial charge >= 0.3 is 0 Å². The monoisotopic (exact) mass is 175 g/mol. The molecule has 1 unspecified atom stereocenters. The van der Waals surface area contributed by atoms with Gasteiger partial charge in [-0.2, -0.15) is 0 Å². The molecular weight excluding hydrogens is 151 g/mol. The molecule has 0 nitrogen and oxygen atoms in total. The summed E-state index contributed by atoms with van der Waals surface area (Å²) >= 11 is 0. The van der Waals surface area contributed by atoms with Crippen LogP contribution in [-0.2, 0) is 0 Å². The second-order valence-corrected chi connectivity index (χ2v) is 9.83. The van der Waals surface area contributed by atoms with Crippen LogP contribution in [0.25, 0.3) is 0 Å². The molecule has 0 saturated carbocycles. The smallest absolute Gasteiger partial charge is 0.0616 e. The van der Waals surface area contributed by atoms with Crippen LogP contribution in [-0.4, -0.2) is 26.2 Å². The van der Waals surface area contributed by atoms with Gasteiger partial charge in [0.25, 0.3) is 0 Å². The Labute approximate surface area is 73.1 Å². The molecule has 0 saturated heterocycles. The van der Waals surface area contributed by atoms with Gasteiger partial charge in [-0.05, 0) is 18.3 Å². The molecule has 0 bridgehead atoms. The van der Waals surface area contributed by atoms with Gasteiger partial charge in [0.05, 0.1) is 6.16 Å². The molecule has 11 heavy (non-hydrogen) atoms. The molecule has 1 atom stereocenters. The van der Waals surface area contributed by atoms with Crippen LogP contribution in [0.4, 0.5) is 0 Å². The summed E-state index contributed by atoms with van der Waals surface area (Å²) in [5.41, 5.74) is 0. The molecule has 0 aliphatic heterocycles. The summed E-state index contributed by atoms with van der Waals surface area (Å²) in [4.78, 5) is 0. The highest BCUT2D eigenvalue weighted by atomic mass is 31.2. The molecule has 68 valence electrons. The molecule has 0 aromatic heterocycles. The zero-order valence-electron chi connectivity index (χ0n) is 9.02. The Morgan fingerprint density at radius 2 is 1.55 bits per heavy atom. The van der Waals surface area contributed by atoms with Gasteiger partial charge in [0.2, 0.25) is 0 Å². The minimum Gasteiger partial charge on any atom is -0.0650 e. The Kier molecular flexibility index (Phi) is 4.63. The van der Waals surface area contributed by atoms with E-state index in [1.807, 2.05) is 0 Å². The van der Waals surface area contributed by atoms with E-state index in [4.69, 9.17) is 0 Å². The van der Waals surface area contributed by atoms with Gasteiger partial charge in [0.15, 0.2) is 0 Å². The van der Waals surface area contributed by atoms with Crippen molar-refractivity contribution in [1.82, 2.24) is 0 Å². The van der Waals surface area contributed by atoms with Crippen molar-refractivity contribution >= 4 is 7.26 Å². The summed E-state index contributed by atoms with van der Waals surface area (Å²) < 4.78 is 0. The second kappa shape index (κ2) is 4.45. The lowest BCUT2D eigenvalue weighted by Crippen LogP contribution is -2.14. The van der Waals surface area contributed by atoms with E-state index in [1.54, 1.807) is 0 Å². The van der Waals surface area contributed by atoms with Crippen LogP contribution >= 0.6 is 7.26 Å². The molecule has 0 aliphatic rings. The fourth-order valence-corrected chi connectivity index (χ4v) is 3.60. The predicted molar refractivity (Wildman–Crippen MR) is 58.2 cm³/mol. The van der Waals surface area contributed by atoms with Crippen LogP contribution in [0.15, 0.2) is 0 Å². The first-order valence-corrected chi connectivity index (χ1v) is 7.99. The number of hydrogen-bond donors (Lipinski definition) is 0. The Morgan fingerprint density at radius 1 is 1.09 bits per heavy atom. The standard InChI is InChI=1S/C10H24P/c1-7-10(9(2)3)8-11(4,5)6/h9-10H,7-8H2,1-6H3/q+1. The molecular formula is C10H24P+. The lowest BCUT2D eigenvalue weighted by Gasteiger charge is -2.22. The zero-order valence-corrected chi connectivity index (χ0v) is 9.91. The fraction of sp³-hybridized carbons (Fsp3) is 1.00. The predicted octanol–water partition coefficient (Wildman–Crippen LogP) is 3.58. The maximum Gasteiger partial charge on any atom is 0.0616 e. The highest BCUT2D eigenvalue weighted by molar-refractivity contribution is 7.73. The first kappa shape index (κ1) is 11.4. The summed E-state index contributed by atoms with van der Waals surface area (Å²) in [6.45, 7) is 14.3. The highest BCUT2D eigenvalue weighted by Crippen LogP contribution is 2.49. The first-order valence-electron chi connectivity index (χ1n) is 4.67. The van der Waals surface area contributed by atoms with Gasteiger partial charge in [-0.1, -0.05) is 20.8 Å². The summed E-state index contributed by atoms with van der Waals surface area (Å²) in [6.07, 6.45) is 2.83. The molecule has 1 heteroatoms. The summed E-state index contributed by atoms with van der Waals surface area (Å²) in [6, 6.07) is 0. The van der Waals surface area contributed by atoms with Crippen LogP contribution in [0.3, 0.4) is 0 Å². The van der Waals surface area contributed by atoms with Gasteiger partial charge in [-0.3, -0.25) is 0 Å². The minimum atomic E-state index is -0.542. The average molecular weight is 175 g/mol. The van der Waals surface area contributed by atoms with Crippen molar-refractivity contribution in [1.29, 1.82) is 0 Å². The first-order chi connectivity index (χ1) is 4.87. The summed E-state index contributed by atoms with van der Waals surface area (Å²) in [7, 11) is -0.542. The number of hydrogen-bond acceptors (Lipinski definition) is 0. The third kappa shape index (κ3) is 5.67. The van der Waals surface area contributed by atoms with Crippen molar-refractivity contribution < 1.29 is 0 Å². The third-order valence-electron chi connectivity index (χ3n) is 2.25. The van der Waals surface area contributed by atoms with Crippen molar-refractivity contribution in [3.05, 3.63) is 0 Å².